The van der Waals surface area contributed by atoms with E-state index in [0.29, 0.717) is 19.7 Å². The molecular weight excluding hydrogens is 228 g/mol. The lowest BCUT2D eigenvalue weighted by Crippen LogP contribution is -2.28. The molecule has 17 heavy (non-hydrogen) atoms. The van der Waals surface area contributed by atoms with E-state index in [2.05, 4.69) is 0 Å². The molecule has 0 aliphatic rings. The van der Waals surface area contributed by atoms with Crippen LogP contribution in [-0.2, 0) is 11.3 Å². The van der Waals surface area contributed by atoms with Crippen molar-refractivity contribution in [3.63, 3.8) is 0 Å². The molecule has 0 aromatic heterocycles. The number of rotatable bonds is 6. The molecule has 0 aliphatic carbocycles. The summed E-state index contributed by atoms with van der Waals surface area (Å²) < 4.78 is 32.4. The largest absolute Gasteiger partial charge is 0.392 e. The Bertz CT molecular complexity index is 349. The van der Waals surface area contributed by atoms with E-state index < -0.39 is 11.6 Å². The number of nitrogens with zero attached hydrogens (tertiary/aromatic N) is 1. The Labute approximate surface area is 99.6 Å². The molecule has 0 atom stereocenters. The predicted molar refractivity (Wildman–Crippen MR) is 62.0 cm³/mol. The number of aliphatic hydroxyl groups is 1. The first-order chi connectivity index (χ1) is 8.13. The van der Waals surface area contributed by atoms with Gasteiger partial charge in [0, 0.05) is 20.2 Å². The van der Waals surface area contributed by atoms with E-state index >= 15 is 0 Å². The van der Waals surface area contributed by atoms with Gasteiger partial charge < -0.3 is 14.7 Å². The van der Waals surface area contributed by atoms with E-state index in [1.54, 1.807) is 4.90 Å². The molecule has 5 heteroatoms. The fourth-order valence-corrected chi connectivity index (χ4v) is 1.64. The van der Waals surface area contributed by atoms with Crippen molar-refractivity contribution in [1.29, 1.82) is 0 Å². The van der Waals surface area contributed by atoms with Crippen molar-refractivity contribution in [1.82, 2.24) is 0 Å². The highest BCUT2D eigenvalue weighted by molar-refractivity contribution is 5.50. The van der Waals surface area contributed by atoms with Crippen LogP contribution in [0.1, 0.15) is 12.5 Å². The number of hydrogen-bond donors (Lipinski definition) is 1. The fraction of sp³-hybridized carbons (Fsp3) is 0.500. The normalized spacial score (nSPS) is 10.6. The van der Waals surface area contributed by atoms with Gasteiger partial charge in [-0.3, -0.25) is 0 Å². The van der Waals surface area contributed by atoms with Crippen LogP contribution in [0.5, 0.6) is 0 Å². The Morgan fingerprint density at radius 1 is 1.29 bits per heavy atom. The molecule has 0 saturated heterocycles. The minimum absolute atomic E-state index is 0.0678. The Balaban J connectivity index is 3.02. The molecule has 3 nitrogen and oxygen atoms in total. The van der Waals surface area contributed by atoms with Crippen LogP contribution >= 0.6 is 0 Å². The van der Waals surface area contributed by atoms with E-state index in [1.807, 2.05) is 6.92 Å². The van der Waals surface area contributed by atoms with Gasteiger partial charge in [-0.25, -0.2) is 8.78 Å². The number of hydrogen-bond acceptors (Lipinski definition) is 3. The third-order valence-electron chi connectivity index (χ3n) is 2.52. The molecule has 0 unspecified atom stereocenters. The summed E-state index contributed by atoms with van der Waals surface area (Å²) in [5.74, 6) is -1.32. The van der Waals surface area contributed by atoms with Gasteiger partial charge in [0.05, 0.1) is 13.2 Å². The molecule has 0 spiro atoms. The number of halogens is 2. The summed E-state index contributed by atoms with van der Waals surface area (Å²) >= 11 is 0. The first kappa shape index (κ1) is 13.9. The third-order valence-corrected chi connectivity index (χ3v) is 2.52. The summed E-state index contributed by atoms with van der Waals surface area (Å²) in [4.78, 5) is 1.56. The minimum Gasteiger partial charge on any atom is -0.392 e. The van der Waals surface area contributed by atoms with Gasteiger partial charge in [-0.15, -0.1) is 0 Å². The van der Waals surface area contributed by atoms with Crippen molar-refractivity contribution in [2.24, 2.45) is 0 Å². The lowest BCUT2D eigenvalue weighted by molar-refractivity contribution is 0.205. The third kappa shape index (κ3) is 3.38. The standard InChI is InChI=1S/C12H17F2NO2/c1-3-15(4-5-17-2)12-10(13)6-9(8-16)7-11(12)14/h6-7,16H,3-5,8H2,1-2H3. The number of aliphatic hydroxyl groups excluding tert-OH is 1. The van der Waals surface area contributed by atoms with Crippen LogP contribution in [0.25, 0.3) is 0 Å². The first-order valence-electron chi connectivity index (χ1n) is 5.46. The molecule has 0 heterocycles. The maximum absolute atomic E-state index is 13.7. The van der Waals surface area contributed by atoms with Crippen LogP contribution in [0.4, 0.5) is 14.5 Å². The smallest absolute Gasteiger partial charge is 0.149 e. The average molecular weight is 245 g/mol. The van der Waals surface area contributed by atoms with E-state index in [4.69, 9.17) is 9.84 Å². The van der Waals surface area contributed by atoms with Gasteiger partial charge in [-0.1, -0.05) is 0 Å². The van der Waals surface area contributed by atoms with Crippen LogP contribution in [0.15, 0.2) is 12.1 Å². The molecule has 96 valence electrons. The summed E-state index contributed by atoms with van der Waals surface area (Å²) in [7, 11) is 1.54. The zero-order chi connectivity index (χ0) is 12.8. The second-order valence-electron chi connectivity index (χ2n) is 3.64. The second-order valence-corrected chi connectivity index (χ2v) is 3.64. The first-order valence-corrected chi connectivity index (χ1v) is 5.46. The van der Waals surface area contributed by atoms with Gasteiger partial charge >= 0.3 is 0 Å². The van der Waals surface area contributed by atoms with Crippen molar-refractivity contribution in [2.45, 2.75) is 13.5 Å². The van der Waals surface area contributed by atoms with E-state index in [9.17, 15) is 8.78 Å². The summed E-state index contributed by atoms with van der Waals surface area (Å²) in [6.07, 6.45) is 0. The summed E-state index contributed by atoms with van der Waals surface area (Å²) in [6.45, 7) is 2.73. The molecule has 1 aromatic carbocycles. The van der Waals surface area contributed by atoms with Crippen molar-refractivity contribution in [3.05, 3.63) is 29.3 Å². The molecule has 1 N–H and O–H groups in total. The fourth-order valence-electron chi connectivity index (χ4n) is 1.64. The molecule has 0 amide bonds. The topological polar surface area (TPSA) is 32.7 Å². The Kier molecular flexibility index (Phi) is 5.31. The van der Waals surface area contributed by atoms with Gasteiger partial charge in [-0.05, 0) is 24.6 Å². The van der Waals surface area contributed by atoms with Crippen molar-refractivity contribution in [3.8, 4) is 0 Å². The minimum atomic E-state index is -0.660. The molecule has 0 radical (unpaired) electrons. The lowest BCUT2D eigenvalue weighted by atomic mass is 10.1. The molecular formula is C12H17F2NO2. The number of anilines is 1. The van der Waals surface area contributed by atoms with Crippen molar-refractivity contribution < 1.29 is 18.6 Å². The van der Waals surface area contributed by atoms with Gasteiger partial charge in [0.25, 0.3) is 0 Å². The number of ether oxygens (including phenoxy) is 1. The van der Waals surface area contributed by atoms with Crippen LogP contribution in [0, 0.1) is 11.6 Å². The van der Waals surface area contributed by atoms with Crippen molar-refractivity contribution in [2.75, 3.05) is 31.7 Å². The van der Waals surface area contributed by atoms with E-state index in [-0.39, 0.29) is 17.9 Å². The molecule has 0 fully saturated rings. The lowest BCUT2D eigenvalue weighted by Gasteiger charge is -2.24. The summed E-state index contributed by atoms with van der Waals surface area (Å²) in [5.41, 5.74) is 0.160. The SMILES string of the molecule is CCN(CCOC)c1c(F)cc(CO)cc1F. The monoisotopic (exact) mass is 245 g/mol. The molecule has 0 aliphatic heterocycles. The number of likely N-dealkylation sites (N-methyl/N-ethyl adjacent to an activating group) is 1. The van der Waals surface area contributed by atoms with E-state index in [1.165, 1.54) is 7.11 Å². The number of methoxy groups -OCH3 is 1. The highest BCUT2D eigenvalue weighted by Gasteiger charge is 2.16. The summed E-state index contributed by atoms with van der Waals surface area (Å²) in [5, 5.41) is 8.85. The van der Waals surface area contributed by atoms with Crippen LogP contribution in [0.2, 0.25) is 0 Å². The highest BCUT2D eigenvalue weighted by Crippen LogP contribution is 2.24. The number of benzene rings is 1. The van der Waals surface area contributed by atoms with Crippen molar-refractivity contribution >= 4 is 5.69 Å². The van der Waals surface area contributed by atoms with Gasteiger partial charge in [0.15, 0.2) is 0 Å². The van der Waals surface area contributed by atoms with Crippen LogP contribution < -0.4 is 4.90 Å². The molecule has 1 aromatic rings. The maximum atomic E-state index is 13.7. The maximum Gasteiger partial charge on any atom is 0.149 e. The van der Waals surface area contributed by atoms with Crippen LogP contribution in [0.3, 0.4) is 0 Å². The Hall–Kier alpha value is -1.20. The molecule has 1 rings (SSSR count). The predicted octanol–water partition coefficient (Wildman–Crippen LogP) is 1.93. The van der Waals surface area contributed by atoms with Crippen LogP contribution in [-0.4, -0.2) is 31.9 Å². The van der Waals surface area contributed by atoms with Gasteiger partial charge in [0.2, 0.25) is 0 Å². The highest BCUT2D eigenvalue weighted by atomic mass is 19.1. The van der Waals surface area contributed by atoms with Gasteiger partial charge in [0.1, 0.15) is 17.3 Å². The van der Waals surface area contributed by atoms with E-state index in [0.717, 1.165) is 12.1 Å². The summed E-state index contributed by atoms with van der Waals surface area (Å²) in [6, 6.07) is 2.29. The van der Waals surface area contributed by atoms with Gasteiger partial charge in [-0.2, -0.15) is 0 Å². The quantitative estimate of drug-likeness (QED) is 0.831. The zero-order valence-corrected chi connectivity index (χ0v) is 10.0. The second kappa shape index (κ2) is 6.51. The Morgan fingerprint density at radius 3 is 2.29 bits per heavy atom. The molecule has 0 saturated carbocycles. The average Bonchev–Trinajstić information content (AvgIpc) is 2.32. The zero-order valence-electron chi connectivity index (χ0n) is 10.0. The molecule has 0 bridgehead atoms. The Morgan fingerprint density at radius 2 is 1.88 bits per heavy atom.